The first kappa shape index (κ1) is 14.5. The summed E-state index contributed by atoms with van der Waals surface area (Å²) in [4.78, 5) is 23.6. The maximum atomic E-state index is 12.2. The first-order valence-electron chi connectivity index (χ1n) is 6.89. The fourth-order valence-corrected chi connectivity index (χ4v) is 2.56. The van der Waals surface area contributed by atoms with Gasteiger partial charge in [0, 0.05) is 12.0 Å². The molecule has 0 saturated carbocycles. The largest absolute Gasteiger partial charge is 0.479 e. The number of carbonyl (C=O) groups excluding carboxylic acids is 1. The highest BCUT2D eigenvalue weighted by molar-refractivity contribution is 5.85. The second-order valence-corrected chi connectivity index (χ2v) is 5.27. The van der Waals surface area contributed by atoms with Gasteiger partial charge in [0.1, 0.15) is 0 Å². The number of hydrogen-bond acceptors (Lipinski definition) is 3. The molecular formula is C15H20N2O3. The molecular weight excluding hydrogens is 256 g/mol. The van der Waals surface area contributed by atoms with E-state index in [1.165, 1.54) is 0 Å². The third-order valence-corrected chi connectivity index (χ3v) is 3.66. The van der Waals surface area contributed by atoms with Gasteiger partial charge in [-0.1, -0.05) is 30.3 Å². The van der Waals surface area contributed by atoms with Crippen molar-refractivity contribution >= 4 is 11.9 Å². The molecule has 1 aliphatic rings. The van der Waals surface area contributed by atoms with Gasteiger partial charge in [0.05, 0.1) is 0 Å². The third kappa shape index (κ3) is 3.57. The molecule has 20 heavy (non-hydrogen) atoms. The van der Waals surface area contributed by atoms with E-state index >= 15 is 0 Å². The lowest BCUT2D eigenvalue weighted by Crippen LogP contribution is -2.44. The number of piperidine rings is 1. The van der Waals surface area contributed by atoms with Crippen molar-refractivity contribution in [2.24, 2.45) is 5.92 Å². The van der Waals surface area contributed by atoms with Crippen LogP contribution in [0.2, 0.25) is 0 Å². The molecule has 1 saturated heterocycles. The molecule has 1 heterocycles. The Morgan fingerprint density at radius 1 is 1.35 bits per heavy atom. The van der Waals surface area contributed by atoms with Crippen LogP contribution in [-0.2, 0) is 9.59 Å². The van der Waals surface area contributed by atoms with Crippen LogP contribution in [0.4, 0.5) is 0 Å². The number of benzene rings is 1. The summed E-state index contributed by atoms with van der Waals surface area (Å²) in [6.45, 7) is 2.83. The molecule has 1 aliphatic heterocycles. The average molecular weight is 276 g/mol. The average Bonchev–Trinajstić information content (AvgIpc) is 2.45. The number of carboxylic acids is 1. The van der Waals surface area contributed by atoms with Crippen molar-refractivity contribution in [3.05, 3.63) is 35.9 Å². The predicted molar refractivity (Wildman–Crippen MR) is 75.2 cm³/mol. The van der Waals surface area contributed by atoms with Crippen LogP contribution in [0.25, 0.3) is 0 Å². The summed E-state index contributed by atoms with van der Waals surface area (Å²) in [5.74, 6) is -1.32. The molecule has 1 amide bonds. The van der Waals surface area contributed by atoms with Gasteiger partial charge in [0.2, 0.25) is 5.91 Å². The standard InChI is InChI=1S/C15H20N2O3/c1-10-9-12(7-8-16-10)14(18)17-13(15(19)20)11-5-3-2-4-6-11/h2-6,10,12-13,16H,7-9H2,1H3,(H,17,18)(H,19,20)/t10?,12?,13-/m0/s1. The Hall–Kier alpha value is -1.88. The number of amides is 1. The van der Waals surface area contributed by atoms with E-state index in [0.29, 0.717) is 11.6 Å². The highest BCUT2D eigenvalue weighted by Crippen LogP contribution is 2.19. The van der Waals surface area contributed by atoms with Crippen LogP contribution in [0.15, 0.2) is 30.3 Å². The summed E-state index contributed by atoms with van der Waals surface area (Å²) in [6, 6.07) is 8.09. The first-order chi connectivity index (χ1) is 9.58. The van der Waals surface area contributed by atoms with E-state index in [2.05, 4.69) is 10.6 Å². The maximum Gasteiger partial charge on any atom is 0.330 e. The van der Waals surface area contributed by atoms with Gasteiger partial charge in [-0.3, -0.25) is 4.79 Å². The quantitative estimate of drug-likeness (QED) is 0.775. The van der Waals surface area contributed by atoms with Crippen LogP contribution in [0.3, 0.4) is 0 Å². The van der Waals surface area contributed by atoms with E-state index in [4.69, 9.17) is 0 Å². The van der Waals surface area contributed by atoms with Crippen LogP contribution < -0.4 is 10.6 Å². The van der Waals surface area contributed by atoms with Gasteiger partial charge >= 0.3 is 5.97 Å². The van der Waals surface area contributed by atoms with Crippen LogP contribution >= 0.6 is 0 Å². The Morgan fingerprint density at radius 3 is 2.65 bits per heavy atom. The lowest BCUT2D eigenvalue weighted by Gasteiger charge is -2.28. The first-order valence-corrected chi connectivity index (χ1v) is 6.89. The Morgan fingerprint density at radius 2 is 2.05 bits per heavy atom. The van der Waals surface area contributed by atoms with E-state index < -0.39 is 12.0 Å². The zero-order valence-corrected chi connectivity index (χ0v) is 11.5. The Kier molecular flexibility index (Phi) is 4.74. The van der Waals surface area contributed by atoms with Crippen molar-refractivity contribution < 1.29 is 14.7 Å². The van der Waals surface area contributed by atoms with Gasteiger partial charge < -0.3 is 15.7 Å². The van der Waals surface area contributed by atoms with Gasteiger partial charge in [-0.05, 0) is 31.9 Å². The Balaban J connectivity index is 2.05. The van der Waals surface area contributed by atoms with E-state index in [1.807, 2.05) is 13.0 Å². The molecule has 108 valence electrons. The second kappa shape index (κ2) is 6.52. The smallest absolute Gasteiger partial charge is 0.330 e. The van der Waals surface area contributed by atoms with Gasteiger partial charge in [0.25, 0.3) is 0 Å². The molecule has 2 unspecified atom stereocenters. The molecule has 0 radical (unpaired) electrons. The summed E-state index contributed by atoms with van der Waals surface area (Å²) in [5, 5.41) is 15.2. The number of nitrogens with one attached hydrogen (secondary N) is 2. The topological polar surface area (TPSA) is 78.4 Å². The van der Waals surface area contributed by atoms with Gasteiger partial charge in [-0.15, -0.1) is 0 Å². The summed E-state index contributed by atoms with van der Waals surface area (Å²) >= 11 is 0. The predicted octanol–water partition coefficient (Wildman–Crippen LogP) is 1.32. The van der Waals surface area contributed by atoms with Crippen LogP contribution in [0.1, 0.15) is 31.4 Å². The Labute approximate surface area is 118 Å². The molecule has 0 aliphatic carbocycles. The number of hydrogen-bond donors (Lipinski definition) is 3. The molecule has 3 N–H and O–H groups in total. The van der Waals surface area contributed by atoms with E-state index in [1.54, 1.807) is 24.3 Å². The highest BCUT2D eigenvalue weighted by atomic mass is 16.4. The molecule has 0 aromatic heterocycles. The van der Waals surface area contributed by atoms with Gasteiger partial charge in [-0.2, -0.15) is 0 Å². The van der Waals surface area contributed by atoms with Gasteiger partial charge in [-0.25, -0.2) is 4.79 Å². The fraction of sp³-hybridized carbons (Fsp3) is 0.467. The number of carboxylic acid groups (broad SMARTS) is 1. The molecule has 5 heteroatoms. The lowest BCUT2D eigenvalue weighted by atomic mass is 9.92. The molecule has 1 fully saturated rings. The molecule has 1 aromatic carbocycles. The molecule has 2 rings (SSSR count). The molecule has 0 spiro atoms. The van der Waals surface area contributed by atoms with Crippen molar-refractivity contribution in [3.8, 4) is 0 Å². The van der Waals surface area contributed by atoms with E-state index in [0.717, 1.165) is 19.4 Å². The second-order valence-electron chi connectivity index (χ2n) is 5.27. The summed E-state index contributed by atoms with van der Waals surface area (Å²) in [7, 11) is 0. The maximum absolute atomic E-state index is 12.2. The summed E-state index contributed by atoms with van der Waals surface area (Å²) in [5.41, 5.74) is 0.593. The molecule has 1 aromatic rings. The van der Waals surface area contributed by atoms with Crippen LogP contribution in [-0.4, -0.2) is 29.6 Å². The van der Waals surface area contributed by atoms with Crippen molar-refractivity contribution in [1.29, 1.82) is 0 Å². The van der Waals surface area contributed by atoms with Gasteiger partial charge in [0.15, 0.2) is 6.04 Å². The molecule has 5 nitrogen and oxygen atoms in total. The highest BCUT2D eigenvalue weighted by Gasteiger charge is 2.29. The molecule has 0 bridgehead atoms. The van der Waals surface area contributed by atoms with Crippen LogP contribution in [0, 0.1) is 5.92 Å². The summed E-state index contributed by atoms with van der Waals surface area (Å²) < 4.78 is 0. The Bertz CT molecular complexity index is 475. The van der Waals surface area contributed by atoms with Crippen molar-refractivity contribution in [2.75, 3.05) is 6.54 Å². The van der Waals surface area contributed by atoms with Crippen molar-refractivity contribution in [1.82, 2.24) is 10.6 Å². The monoisotopic (exact) mass is 276 g/mol. The molecule has 3 atom stereocenters. The third-order valence-electron chi connectivity index (χ3n) is 3.66. The van der Waals surface area contributed by atoms with Crippen molar-refractivity contribution in [2.45, 2.75) is 31.8 Å². The lowest BCUT2D eigenvalue weighted by molar-refractivity contribution is -0.142. The summed E-state index contributed by atoms with van der Waals surface area (Å²) in [6.07, 6.45) is 1.49. The van der Waals surface area contributed by atoms with E-state index in [9.17, 15) is 14.7 Å². The van der Waals surface area contributed by atoms with E-state index in [-0.39, 0.29) is 11.8 Å². The fourth-order valence-electron chi connectivity index (χ4n) is 2.56. The minimum atomic E-state index is -1.04. The van der Waals surface area contributed by atoms with Crippen LogP contribution in [0.5, 0.6) is 0 Å². The number of rotatable bonds is 4. The zero-order chi connectivity index (χ0) is 14.5. The zero-order valence-electron chi connectivity index (χ0n) is 11.5. The minimum absolute atomic E-state index is 0.114. The SMILES string of the molecule is CC1CC(C(=O)N[C@H](C(=O)O)c2ccccc2)CCN1. The number of carbonyl (C=O) groups is 2. The number of aliphatic carboxylic acids is 1. The van der Waals surface area contributed by atoms with Crippen molar-refractivity contribution in [3.63, 3.8) is 0 Å². The minimum Gasteiger partial charge on any atom is -0.479 e. The normalized spacial score (nSPS) is 23.9.